The van der Waals surface area contributed by atoms with Gasteiger partial charge in [-0.15, -0.1) is 0 Å². The van der Waals surface area contributed by atoms with E-state index in [-0.39, 0.29) is 11.9 Å². The number of ether oxygens (including phenoxy) is 2. The molecule has 0 bridgehead atoms. The van der Waals surface area contributed by atoms with E-state index in [4.69, 9.17) is 9.47 Å². The predicted octanol–water partition coefficient (Wildman–Crippen LogP) is 3.77. The number of carbonyl (C=O) groups excluding carboxylic acids is 1. The summed E-state index contributed by atoms with van der Waals surface area (Å²) < 4.78 is 11.4. The Morgan fingerprint density at radius 3 is 2.58 bits per heavy atom. The Labute approximate surface area is 114 Å². The minimum atomic E-state index is -0.0124. The van der Waals surface area contributed by atoms with Gasteiger partial charge in [0.15, 0.2) is 5.78 Å². The number of benzene rings is 1. The van der Waals surface area contributed by atoms with E-state index in [0.29, 0.717) is 23.0 Å². The van der Waals surface area contributed by atoms with Crippen molar-refractivity contribution in [2.45, 2.75) is 46.1 Å². The smallest absolute Gasteiger partial charge is 0.167 e. The number of aryl methyl sites for hydroxylation is 1. The molecule has 0 heterocycles. The van der Waals surface area contributed by atoms with Gasteiger partial charge in [0.05, 0.1) is 13.2 Å². The molecule has 3 heteroatoms. The van der Waals surface area contributed by atoms with Crippen molar-refractivity contribution < 1.29 is 14.3 Å². The molecule has 0 N–H and O–H groups in total. The summed E-state index contributed by atoms with van der Waals surface area (Å²) in [5.74, 6) is 1.99. The Kier molecular flexibility index (Phi) is 4.13. The fourth-order valence-corrected chi connectivity index (χ4v) is 2.75. The maximum Gasteiger partial charge on any atom is 0.167 e. The van der Waals surface area contributed by atoms with E-state index in [9.17, 15) is 4.79 Å². The first-order chi connectivity index (χ1) is 9.02. The molecule has 104 valence electrons. The van der Waals surface area contributed by atoms with E-state index in [0.717, 1.165) is 18.4 Å². The third kappa shape index (κ3) is 2.91. The van der Waals surface area contributed by atoms with Crippen LogP contribution in [0.25, 0.3) is 0 Å². The maximum atomic E-state index is 11.9. The van der Waals surface area contributed by atoms with Crippen LogP contribution >= 0.6 is 0 Å². The SMILES string of the molecule is COc1ccc(C)c(O[C@@H]2CC[C@H](C)C2)c1C(C)=O. The number of ketones is 1. The fraction of sp³-hybridized carbons (Fsp3) is 0.562. The molecule has 1 aromatic rings. The minimum absolute atomic E-state index is 0.0124. The lowest BCUT2D eigenvalue weighted by atomic mass is 10.0. The summed E-state index contributed by atoms with van der Waals surface area (Å²) in [6.07, 6.45) is 3.55. The van der Waals surface area contributed by atoms with Crippen molar-refractivity contribution in [3.63, 3.8) is 0 Å². The molecule has 1 aliphatic carbocycles. The van der Waals surface area contributed by atoms with Crippen LogP contribution in [0.4, 0.5) is 0 Å². The molecule has 0 unspecified atom stereocenters. The highest BCUT2D eigenvalue weighted by atomic mass is 16.5. The second-order valence-electron chi connectivity index (χ2n) is 5.50. The van der Waals surface area contributed by atoms with Crippen LogP contribution in [0.1, 0.15) is 49.0 Å². The summed E-state index contributed by atoms with van der Waals surface area (Å²) in [5, 5.41) is 0. The molecule has 0 spiro atoms. The first kappa shape index (κ1) is 13.9. The van der Waals surface area contributed by atoms with Crippen LogP contribution < -0.4 is 9.47 Å². The molecular weight excluding hydrogens is 240 g/mol. The molecule has 1 aliphatic rings. The van der Waals surface area contributed by atoms with Crippen molar-refractivity contribution in [2.75, 3.05) is 7.11 Å². The number of hydrogen-bond donors (Lipinski definition) is 0. The Morgan fingerprint density at radius 2 is 2.05 bits per heavy atom. The van der Waals surface area contributed by atoms with Gasteiger partial charge in [-0.2, -0.15) is 0 Å². The van der Waals surface area contributed by atoms with Crippen LogP contribution in [0.5, 0.6) is 11.5 Å². The zero-order valence-corrected chi connectivity index (χ0v) is 12.2. The van der Waals surface area contributed by atoms with Gasteiger partial charge >= 0.3 is 0 Å². The molecule has 1 aromatic carbocycles. The van der Waals surface area contributed by atoms with E-state index in [1.54, 1.807) is 14.0 Å². The number of Topliss-reactive ketones (excluding diaryl/α,β-unsaturated/α-hetero) is 1. The van der Waals surface area contributed by atoms with Crippen LogP contribution in [-0.2, 0) is 0 Å². The zero-order chi connectivity index (χ0) is 14.0. The molecule has 0 amide bonds. The molecule has 0 saturated heterocycles. The average Bonchev–Trinajstić information content (AvgIpc) is 2.76. The number of hydrogen-bond acceptors (Lipinski definition) is 3. The highest BCUT2D eigenvalue weighted by Gasteiger charge is 2.26. The van der Waals surface area contributed by atoms with Crippen molar-refractivity contribution in [1.29, 1.82) is 0 Å². The first-order valence-corrected chi connectivity index (χ1v) is 6.88. The summed E-state index contributed by atoms with van der Waals surface area (Å²) in [6.45, 7) is 5.77. The Balaban J connectivity index is 2.34. The summed E-state index contributed by atoms with van der Waals surface area (Å²) in [4.78, 5) is 11.9. The van der Waals surface area contributed by atoms with Crippen LogP contribution in [0.2, 0.25) is 0 Å². The highest BCUT2D eigenvalue weighted by molar-refractivity contribution is 6.00. The van der Waals surface area contributed by atoms with E-state index in [1.807, 2.05) is 19.1 Å². The lowest BCUT2D eigenvalue weighted by Gasteiger charge is -2.19. The van der Waals surface area contributed by atoms with Crippen LogP contribution in [0.3, 0.4) is 0 Å². The van der Waals surface area contributed by atoms with E-state index < -0.39 is 0 Å². The standard InChI is InChI=1S/C16H22O3/c1-10-5-7-13(9-10)19-16-11(2)6-8-14(18-4)15(16)12(3)17/h6,8,10,13H,5,7,9H2,1-4H3/t10-,13+/m0/s1. The Hall–Kier alpha value is -1.51. The van der Waals surface area contributed by atoms with Crippen LogP contribution in [-0.4, -0.2) is 19.0 Å². The maximum absolute atomic E-state index is 11.9. The van der Waals surface area contributed by atoms with Crippen LogP contribution in [0, 0.1) is 12.8 Å². The van der Waals surface area contributed by atoms with Crippen molar-refractivity contribution in [1.82, 2.24) is 0 Å². The van der Waals surface area contributed by atoms with Gasteiger partial charge < -0.3 is 9.47 Å². The molecule has 1 fully saturated rings. The van der Waals surface area contributed by atoms with Gasteiger partial charge in [-0.05, 0) is 50.7 Å². The largest absolute Gasteiger partial charge is 0.496 e. The Morgan fingerprint density at radius 1 is 1.32 bits per heavy atom. The molecule has 0 aromatic heterocycles. The quantitative estimate of drug-likeness (QED) is 0.775. The molecule has 0 aliphatic heterocycles. The summed E-state index contributed by atoms with van der Waals surface area (Å²) >= 11 is 0. The lowest BCUT2D eigenvalue weighted by Crippen LogP contribution is -2.15. The normalized spacial score (nSPS) is 22.3. The molecule has 3 nitrogen and oxygen atoms in total. The van der Waals surface area contributed by atoms with Gasteiger partial charge in [0, 0.05) is 0 Å². The van der Waals surface area contributed by atoms with Crippen LogP contribution in [0.15, 0.2) is 12.1 Å². The number of carbonyl (C=O) groups is 1. The zero-order valence-electron chi connectivity index (χ0n) is 12.2. The van der Waals surface area contributed by atoms with Gasteiger partial charge in [-0.25, -0.2) is 0 Å². The van der Waals surface area contributed by atoms with Gasteiger partial charge in [-0.1, -0.05) is 13.0 Å². The summed E-state index contributed by atoms with van der Waals surface area (Å²) in [7, 11) is 1.58. The molecule has 0 radical (unpaired) electrons. The Bertz CT molecular complexity index is 479. The van der Waals surface area contributed by atoms with Crippen molar-refractivity contribution in [3.8, 4) is 11.5 Å². The summed E-state index contributed by atoms with van der Waals surface area (Å²) in [5.41, 5.74) is 1.56. The van der Waals surface area contributed by atoms with E-state index in [1.165, 1.54) is 6.42 Å². The topological polar surface area (TPSA) is 35.5 Å². The summed E-state index contributed by atoms with van der Waals surface area (Å²) in [6, 6.07) is 3.77. The second kappa shape index (κ2) is 5.64. The van der Waals surface area contributed by atoms with Gasteiger partial charge in [0.25, 0.3) is 0 Å². The third-order valence-corrected chi connectivity index (χ3v) is 3.82. The minimum Gasteiger partial charge on any atom is -0.496 e. The van der Waals surface area contributed by atoms with Gasteiger partial charge in [0.2, 0.25) is 0 Å². The fourth-order valence-electron chi connectivity index (χ4n) is 2.75. The molecule has 2 atom stereocenters. The van der Waals surface area contributed by atoms with Crippen molar-refractivity contribution in [3.05, 3.63) is 23.3 Å². The average molecular weight is 262 g/mol. The van der Waals surface area contributed by atoms with Gasteiger partial charge in [0.1, 0.15) is 17.1 Å². The van der Waals surface area contributed by atoms with Crippen molar-refractivity contribution in [2.24, 2.45) is 5.92 Å². The lowest BCUT2D eigenvalue weighted by molar-refractivity contribution is 0.100. The number of rotatable bonds is 4. The number of methoxy groups -OCH3 is 1. The first-order valence-electron chi connectivity index (χ1n) is 6.88. The molecule has 19 heavy (non-hydrogen) atoms. The van der Waals surface area contributed by atoms with E-state index >= 15 is 0 Å². The molecule has 2 rings (SSSR count). The monoisotopic (exact) mass is 262 g/mol. The molecule has 1 saturated carbocycles. The third-order valence-electron chi connectivity index (χ3n) is 3.82. The van der Waals surface area contributed by atoms with Gasteiger partial charge in [-0.3, -0.25) is 4.79 Å². The van der Waals surface area contributed by atoms with Crippen molar-refractivity contribution >= 4 is 5.78 Å². The molecular formula is C16H22O3. The van der Waals surface area contributed by atoms with E-state index in [2.05, 4.69) is 6.92 Å². The highest BCUT2D eigenvalue weighted by Crippen LogP contribution is 2.36. The predicted molar refractivity (Wildman–Crippen MR) is 75.2 cm³/mol. The second-order valence-corrected chi connectivity index (χ2v) is 5.50.